The molecule has 1 aromatic rings. The normalized spacial score (nSPS) is 11.2. The van der Waals surface area contributed by atoms with Gasteiger partial charge in [0.1, 0.15) is 5.75 Å². The molecule has 0 aliphatic rings. The van der Waals surface area contributed by atoms with E-state index in [1.54, 1.807) is 24.1 Å². The van der Waals surface area contributed by atoms with Gasteiger partial charge in [0.05, 0.1) is 6.61 Å². The summed E-state index contributed by atoms with van der Waals surface area (Å²) in [6, 6.07) is 5.48. The number of carbonyl (C=O) groups excluding carboxylic acids is 1. The lowest BCUT2D eigenvalue weighted by Crippen LogP contribution is -2.30. The van der Waals surface area contributed by atoms with Crippen molar-refractivity contribution in [2.24, 2.45) is 0 Å². The zero-order valence-corrected chi connectivity index (χ0v) is 16.8. The third kappa shape index (κ3) is 8.48. The van der Waals surface area contributed by atoms with E-state index in [2.05, 4.69) is 6.92 Å². The first-order valence-corrected chi connectivity index (χ1v) is 9.70. The summed E-state index contributed by atoms with van der Waals surface area (Å²) in [6.07, 6.45) is 2.87. The van der Waals surface area contributed by atoms with Crippen LogP contribution in [0.1, 0.15) is 52.5 Å². The van der Waals surface area contributed by atoms with Gasteiger partial charge in [-0.1, -0.05) is 27.2 Å². The molecule has 1 aromatic carbocycles. The van der Waals surface area contributed by atoms with Crippen LogP contribution in [0.4, 0.5) is 4.79 Å². The molecule has 0 bridgehead atoms. The Kier molecular flexibility index (Phi) is 12.3. The van der Waals surface area contributed by atoms with Crippen molar-refractivity contribution in [1.29, 1.82) is 0 Å². The van der Waals surface area contributed by atoms with Crippen LogP contribution in [0, 0.1) is 6.92 Å². The third-order valence-corrected chi connectivity index (χ3v) is 4.95. The maximum absolute atomic E-state index is 11.6. The van der Waals surface area contributed by atoms with Gasteiger partial charge in [0.2, 0.25) is 0 Å². The molecule has 0 aliphatic heterocycles. The standard InChI is InChI=1S/C17H27NO3S.C2H6/c1-5-7-15(10-11-18(4)17(20)21-6-2)22-16-9-8-14(19)12-13(16)3;1-2/h8-9,12,15,19H,5-7,10-11H2,1-4H3;1-2H3. The Morgan fingerprint density at radius 2 is 1.96 bits per heavy atom. The molecule has 1 atom stereocenters. The van der Waals surface area contributed by atoms with Crippen LogP contribution in [-0.4, -0.2) is 41.5 Å². The van der Waals surface area contributed by atoms with Crippen molar-refractivity contribution in [2.45, 2.75) is 64.0 Å². The number of amides is 1. The first-order valence-electron chi connectivity index (χ1n) is 8.82. The number of phenolic OH excluding ortho intramolecular Hbond substituents is 1. The number of nitrogens with zero attached hydrogens (tertiary/aromatic N) is 1. The minimum absolute atomic E-state index is 0.261. The Bertz CT molecular complexity index is 480. The van der Waals surface area contributed by atoms with Gasteiger partial charge in [-0.05, 0) is 50.5 Å². The summed E-state index contributed by atoms with van der Waals surface area (Å²) < 4.78 is 5.00. The van der Waals surface area contributed by atoms with Crippen LogP contribution in [0.2, 0.25) is 0 Å². The van der Waals surface area contributed by atoms with Gasteiger partial charge < -0.3 is 14.7 Å². The fourth-order valence-electron chi connectivity index (χ4n) is 2.19. The highest BCUT2D eigenvalue weighted by atomic mass is 32.2. The van der Waals surface area contributed by atoms with Gasteiger partial charge in [0.15, 0.2) is 0 Å². The Morgan fingerprint density at radius 1 is 1.29 bits per heavy atom. The number of benzene rings is 1. The van der Waals surface area contributed by atoms with Gasteiger partial charge >= 0.3 is 6.09 Å². The van der Waals surface area contributed by atoms with Crippen molar-refractivity contribution >= 4 is 17.9 Å². The largest absolute Gasteiger partial charge is 0.508 e. The quantitative estimate of drug-likeness (QED) is 0.629. The van der Waals surface area contributed by atoms with E-state index in [0.29, 0.717) is 24.2 Å². The molecule has 5 heteroatoms. The number of hydrogen-bond acceptors (Lipinski definition) is 4. The minimum atomic E-state index is -0.261. The molecule has 1 rings (SSSR count). The van der Waals surface area contributed by atoms with Crippen LogP contribution in [-0.2, 0) is 4.74 Å². The van der Waals surface area contributed by atoms with Gasteiger partial charge in [-0.2, -0.15) is 0 Å². The van der Waals surface area contributed by atoms with Crippen LogP contribution in [0.15, 0.2) is 23.1 Å². The topological polar surface area (TPSA) is 49.8 Å². The van der Waals surface area contributed by atoms with E-state index >= 15 is 0 Å². The molecular weight excluding hydrogens is 322 g/mol. The van der Waals surface area contributed by atoms with E-state index < -0.39 is 0 Å². The molecule has 0 heterocycles. The third-order valence-electron chi connectivity index (χ3n) is 3.43. The van der Waals surface area contributed by atoms with Crippen molar-refractivity contribution in [3.05, 3.63) is 23.8 Å². The van der Waals surface area contributed by atoms with Gasteiger partial charge in [0.25, 0.3) is 0 Å². The Hall–Kier alpha value is -1.36. The molecule has 0 radical (unpaired) electrons. The average molecular weight is 356 g/mol. The highest BCUT2D eigenvalue weighted by Crippen LogP contribution is 2.32. The van der Waals surface area contributed by atoms with Crippen molar-refractivity contribution in [3.63, 3.8) is 0 Å². The van der Waals surface area contributed by atoms with E-state index in [0.717, 1.165) is 24.8 Å². The van der Waals surface area contributed by atoms with Gasteiger partial charge in [-0.15, -0.1) is 11.8 Å². The monoisotopic (exact) mass is 355 g/mol. The van der Waals surface area contributed by atoms with Crippen molar-refractivity contribution < 1.29 is 14.6 Å². The number of thioether (sulfide) groups is 1. The first kappa shape index (κ1) is 22.6. The summed E-state index contributed by atoms with van der Waals surface area (Å²) in [6.45, 7) is 11.1. The van der Waals surface area contributed by atoms with Crippen LogP contribution in [0.5, 0.6) is 5.75 Å². The van der Waals surface area contributed by atoms with E-state index in [1.165, 1.54) is 4.90 Å². The molecule has 0 spiro atoms. The molecule has 4 nitrogen and oxygen atoms in total. The van der Waals surface area contributed by atoms with Gasteiger partial charge in [-0.25, -0.2) is 4.79 Å². The average Bonchev–Trinajstić information content (AvgIpc) is 2.57. The molecular formula is C19H33NO3S. The maximum Gasteiger partial charge on any atom is 0.409 e. The van der Waals surface area contributed by atoms with Crippen molar-refractivity contribution in [2.75, 3.05) is 20.2 Å². The summed E-state index contributed by atoms with van der Waals surface area (Å²) in [5.74, 6) is 0.302. The number of rotatable bonds is 8. The van der Waals surface area contributed by atoms with Crippen LogP contribution in [0.25, 0.3) is 0 Å². The SMILES string of the molecule is CC.CCCC(CCN(C)C(=O)OCC)Sc1ccc(O)cc1C. The maximum atomic E-state index is 11.6. The zero-order valence-electron chi connectivity index (χ0n) is 16.0. The minimum Gasteiger partial charge on any atom is -0.508 e. The van der Waals surface area contributed by atoms with Crippen molar-refractivity contribution in [3.8, 4) is 5.75 Å². The van der Waals surface area contributed by atoms with E-state index in [4.69, 9.17) is 4.74 Å². The summed E-state index contributed by atoms with van der Waals surface area (Å²) in [4.78, 5) is 14.5. The predicted molar refractivity (Wildman–Crippen MR) is 103 cm³/mol. The summed E-state index contributed by atoms with van der Waals surface area (Å²) >= 11 is 1.83. The van der Waals surface area contributed by atoms with E-state index in [1.807, 2.05) is 45.5 Å². The molecule has 0 saturated heterocycles. The molecule has 1 amide bonds. The second-order valence-electron chi connectivity index (χ2n) is 5.39. The zero-order chi connectivity index (χ0) is 18.5. The molecule has 1 unspecified atom stereocenters. The highest BCUT2D eigenvalue weighted by molar-refractivity contribution is 8.00. The lowest BCUT2D eigenvalue weighted by atomic mass is 10.2. The second-order valence-corrected chi connectivity index (χ2v) is 6.73. The molecule has 0 fully saturated rings. The fourth-order valence-corrected chi connectivity index (χ4v) is 3.52. The Labute approximate surface area is 151 Å². The summed E-state index contributed by atoms with van der Waals surface area (Å²) in [5, 5.41) is 9.94. The summed E-state index contributed by atoms with van der Waals surface area (Å²) in [7, 11) is 1.78. The molecule has 0 aromatic heterocycles. The molecule has 24 heavy (non-hydrogen) atoms. The number of ether oxygens (including phenoxy) is 1. The van der Waals surface area contributed by atoms with Gasteiger partial charge in [-0.3, -0.25) is 0 Å². The number of aryl methyl sites for hydroxylation is 1. The van der Waals surface area contributed by atoms with Crippen molar-refractivity contribution in [1.82, 2.24) is 4.90 Å². The number of phenols is 1. The lowest BCUT2D eigenvalue weighted by molar-refractivity contribution is 0.116. The lowest BCUT2D eigenvalue weighted by Gasteiger charge is -2.21. The number of carbonyl (C=O) groups is 1. The predicted octanol–water partition coefficient (Wildman–Crippen LogP) is 5.47. The highest BCUT2D eigenvalue weighted by Gasteiger charge is 2.15. The first-order chi connectivity index (χ1) is 11.5. The Morgan fingerprint density at radius 3 is 2.50 bits per heavy atom. The number of hydrogen-bond donors (Lipinski definition) is 1. The van der Waals surface area contributed by atoms with Crippen LogP contribution in [0.3, 0.4) is 0 Å². The smallest absolute Gasteiger partial charge is 0.409 e. The molecule has 0 aliphatic carbocycles. The molecule has 138 valence electrons. The molecule has 1 N–H and O–H groups in total. The van der Waals surface area contributed by atoms with Crippen LogP contribution >= 0.6 is 11.8 Å². The number of aromatic hydroxyl groups is 1. The van der Waals surface area contributed by atoms with Crippen LogP contribution < -0.4 is 0 Å². The summed E-state index contributed by atoms with van der Waals surface area (Å²) in [5.41, 5.74) is 1.09. The van der Waals surface area contributed by atoms with E-state index in [-0.39, 0.29) is 6.09 Å². The second kappa shape index (κ2) is 13.0. The molecule has 0 saturated carbocycles. The Balaban J connectivity index is 0.00000254. The fraction of sp³-hybridized carbons (Fsp3) is 0.632. The van der Waals surface area contributed by atoms with Gasteiger partial charge in [0, 0.05) is 23.7 Å². The van der Waals surface area contributed by atoms with E-state index in [9.17, 15) is 9.90 Å².